The Bertz CT molecular complexity index is 916. The number of aromatic nitrogens is 4. The third-order valence-corrected chi connectivity index (χ3v) is 8.11. The second-order valence-electron chi connectivity index (χ2n) is 7.10. The molecule has 0 spiro atoms. The molecule has 2 aromatic heterocycles. The second kappa shape index (κ2) is 8.08. The largest absolute Gasteiger partial charge is 0.376 e. The van der Waals surface area contributed by atoms with Crippen LogP contribution in [0.2, 0.25) is 0 Å². The first-order valence-corrected chi connectivity index (χ1v) is 12.2. The Hall–Kier alpha value is -1.14. The van der Waals surface area contributed by atoms with E-state index in [1.165, 1.54) is 4.88 Å². The molecule has 0 radical (unpaired) electrons. The Morgan fingerprint density at radius 2 is 2.19 bits per heavy atom. The van der Waals surface area contributed by atoms with Gasteiger partial charge in [-0.05, 0) is 53.4 Å². The molecule has 4 rings (SSSR count). The Kier molecular flexibility index (Phi) is 5.74. The average molecular weight is 430 g/mol. The summed E-state index contributed by atoms with van der Waals surface area (Å²) in [5, 5.41) is 10.4. The van der Waals surface area contributed by atoms with Crippen LogP contribution in [-0.2, 0) is 34.3 Å². The van der Waals surface area contributed by atoms with Gasteiger partial charge < -0.3 is 4.74 Å². The van der Waals surface area contributed by atoms with Gasteiger partial charge in [0.2, 0.25) is 4.77 Å². The highest BCUT2D eigenvalue weighted by Crippen LogP contribution is 2.22. The first-order chi connectivity index (χ1) is 13.0. The van der Waals surface area contributed by atoms with Crippen molar-refractivity contribution in [1.82, 2.24) is 24.7 Å². The van der Waals surface area contributed by atoms with Gasteiger partial charge in [-0.25, -0.2) is 17.8 Å². The van der Waals surface area contributed by atoms with Crippen LogP contribution < -0.4 is 0 Å². The zero-order valence-corrected chi connectivity index (χ0v) is 17.4. The molecular formula is C16H23N5O3S3. The van der Waals surface area contributed by atoms with E-state index in [2.05, 4.69) is 21.4 Å². The number of hydrogen-bond acceptors (Lipinski definition) is 8. The minimum absolute atomic E-state index is 0.0256. The number of tetrazole rings is 1. The summed E-state index contributed by atoms with van der Waals surface area (Å²) in [6.07, 6.45) is 2.87. The van der Waals surface area contributed by atoms with Crippen molar-refractivity contribution in [3.05, 3.63) is 27.2 Å². The maximum Gasteiger partial charge on any atom is 0.217 e. The minimum Gasteiger partial charge on any atom is -0.376 e. The van der Waals surface area contributed by atoms with Crippen LogP contribution in [0.4, 0.5) is 0 Å². The number of rotatable bonds is 7. The number of thiophene rings is 1. The molecule has 8 nitrogen and oxygen atoms in total. The average Bonchev–Trinajstić information content (AvgIpc) is 3.40. The van der Waals surface area contributed by atoms with Crippen molar-refractivity contribution in [2.75, 3.05) is 18.1 Å². The molecule has 4 heterocycles. The van der Waals surface area contributed by atoms with E-state index < -0.39 is 9.84 Å². The van der Waals surface area contributed by atoms with Crippen LogP contribution in [0.3, 0.4) is 0 Å². The molecule has 0 unspecified atom stereocenters. The van der Waals surface area contributed by atoms with Crippen LogP contribution in [0.25, 0.3) is 0 Å². The summed E-state index contributed by atoms with van der Waals surface area (Å²) < 4.78 is 33.5. The van der Waals surface area contributed by atoms with Gasteiger partial charge in [0, 0.05) is 24.1 Å². The van der Waals surface area contributed by atoms with Crippen LogP contribution in [-0.4, -0.2) is 63.4 Å². The molecule has 2 atom stereocenters. The van der Waals surface area contributed by atoms with Crippen LogP contribution in [0.5, 0.6) is 0 Å². The number of nitrogens with zero attached hydrogens (tertiary/aromatic N) is 5. The van der Waals surface area contributed by atoms with Gasteiger partial charge in [-0.3, -0.25) is 4.90 Å². The van der Waals surface area contributed by atoms with Crippen molar-refractivity contribution >= 4 is 33.4 Å². The molecular weight excluding hydrogens is 406 g/mol. The van der Waals surface area contributed by atoms with E-state index in [0.717, 1.165) is 19.4 Å². The fraction of sp³-hybridized carbons (Fsp3) is 0.688. The molecule has 2 saturated heterocycles. The smallest absolute Gasteiger partial charge is 0.217 e. The Morgan fingerprint density at radius 3 is 2.85 bits per heavy atom. The highest BCUT2D eigenvalue weighted by atomic mass is 32.2. The van der Waals surface area contributed by atoms with Gasteiger partial charge in [0.25, 0.3) is 0 Å². The van der Waals surface area contributed by atoms with Gasteiger partial charge in [-0.15, -0.1) is 11.3 Å². The third kappa shape index (κ3) is 4.65. The maximum atomic E-state index is 12.0. The predicted octanol–water partition coefficient (Wildman–Crippen LogP) is 1.70. The third-order valence-electron chi connectivity index (χ3n) is 5.08. The molecule has 2 aliphatic heterocycles. The molecule has 2 fully saturated rings. The summed E-state index contributed by atoms with van der Waals surface area (Å²) in [6, 6.07) is 4.05. The summed E-state index contributed by atoms with van der Waals surface area (Å²) in [5.74, 6) is 0.436. The van der Waals surface area contributed by atoms with Crippen LogP contribution in [0.1, 0.15) is 24.1 Å². The van der Waals surface area contributed by atoms with E-state index in [9.17, 15) is 8.42 Å². The summed E-state index contributed by atoms with van der Waals surface area (Å²) in [7, 11) is -2.96. The second-order valence-corrected chi connectivity index (χ2v) is 10.7. The van der Waals surface area contributed by atoms with E-state index >= 15 is 0 Å². The Morgan fingerprint density at radius 1 is 1.33 bits per heavy atom. The van der Waals surface area contributed by atoms with Crippen molar-refractivity contribution in [3.8, 4) is 0 Å². The summed E-state index contributed by atoms with van der Waals surface area (Å²) in [4.78, 5) is 3.34. The van der Waals surface area contributed by atoms with Crippen LogP contribution in [0.15, 0.2) is 17.5 Å². The van der Waals surface area contributed by atoms with Crippen molar-refractivity contribution in [3.63, 3.8) is 0 Å². The van der Waals surface area contributed by atoms with Crippen molar-refractivity contribution in [2.24, 2.45) is 0 Å². The highest BCUT2D eigenvalue weighted by molar-refractivity contribution is 7.91. The molecule has 0 amide bonds. The van der Waals surface area contributed by atoms with Gasteiger partial charge in [0.05, 0.1) is 30.8 Å². The molecule has 0 bridgehead atoms. The first kappa shape index (κ1) is 19.2. The van der Waals surface area contributed by atoms with E-state index in [-0.39, 0.29) is 23.7 Å². The number of sulfone groups is 1. The van der Waals surface area contributed by atoms with Crippen LogP contribution >= 0.6 is 23.6 Å². The minimum atomic E-state index is -2.96. The zero-order chi connectivity index (χ0) is 18.9. The lowest BCUT2D eigenvalue weighted by atomic mass is 10.2. The van der Waals surface area contributed by atoms with E-state index in [1.807, 2.05) is 11.4 Å². The number of ether oxygens (including phenoxy) is 1. The zero-order valence-electron chi connectivity index (χ0n) is 14.9. The molecule has 27 heavy (non-hydrogen) atoms. The lowest BCUT2D eigenvalue weighted by Gasteiger charge is -2.26. The molecule has 0 N–H and O–H groups in total. The summed E-state index contributed by atoms with van der Waals surface area (Å²) >= 11 is 7.22. The molecule has 0 aromatic carbocycles. The topological polar surface area (TPSA) is 82.3 Å². The van der Waals surface area contributed by atoms with Gasteiger partial charge in [0.15, 0.2) is 9.84 Å². The van der Waals surface area contributed by atoms with Crippen molar-refractivity contribution in [2.45, 2.75) is 51.2 Å². The predicted molar refractivity (Wildman–Crippen MR) is 105 cm³/mol. The highest BCUT2D eigenvalue weighted by Gasteiger charge is 2.33. The standard InChI is InChI=1S/C16H23N5O3S3/c22-27(23)8-5-13(11-27)19(10-15-4-2-7-26-15)12-21-16(25)20(17-18-21)9-14-3-1-6-24-14/h2,4,7,13-14H,1,3,5-6,8-12H2/t13-,14-/m1/s1. The summed E-state index contributed by atoms with van der Waals surface area (Å²) in [5.41, 5.74) is 0. The molecule has 0 aliphatic carbocycles. The van der Waals surface area contributed by atoms with E-state index in [4.69, 9.17) is 17.0 Å². The van der Waals surface area contributed by atoms with E-state index in [0.29, 0.717) is 31.0 Å². The van der Waals surface area contributed by atoms with Crippen LogP contribution in [0, 0.1) is 4.77 Å². The van der Waals surface area contributed by atoms with Gasteiger partial charge >= 0.3 is 0 Å². The van der Waals surface area contributed by atoms with Crippen molar-refractivity contribution < 1.29 is 13.2 Å². The fourth-order valence-electron chi connectivity index (χ4n) is 3.62. The molecule has 0 saturated carbocycles. The summed E-state index contributed by atoms with van der Waals surface area (Å²) in [6.45, 7) is 2.51. The van der Waals surface area contributed by atoms with Gasteiger partial charge in [0.1, 0.15) is 0 Å². The molecule has 11 heteroatoms. The fourth-order valence-corrected chi connectivity index (χ4v) is 6.32. The Labute approximate surface area is 167 Å². The number of hydrogen-bond donors (Lipinski definition) is 0. The van der Waals surface area contributed by atoms with Gasteiger partial charge in [-0.2, -0.15) is 0 Å². The quantitative estimate of drug-likeness (QED) is 0.620. The molecule has 2 aliphatic rings. The van der Waals surface area contributed by atoms with Crippen molar-refractivity contribution in [1.29, 1.82) is 0 Å². The Balaban J connectivity index is 1.50. The molecule has 148 valence electrons. The maximum absolute atomic E-state index is 12.0. The monoisotopic (exact) mass is 429 g/mol. The molecule has 2 aromatic rings. The lowest BCUT2D eigenvalue weighted by molar-refractivity contribution is 0.0929. The first-order valence-electron chi connectivity index (χ1n) is 9.09. The van der Waals surface area contributed by atoms with E-state index in [1.54, 1.807) is 20.7 Å². The van der Waals surface area contributed by atoms with Gasteiger partial charge in [-0.1, -0.05) is 6.07 Å². The lowest BCUT2D eigenvalue weighted by Crippen LogP contribution is -2.37. The SMILES string of the molecule is O=S1(=O)CC[C@@H](N(Cc2cccs2)Cn2nnn(C[C@H]3CCCO3)c2=S)C1. The normalized spacial score (nSPS) is 24.8.